The summed E-state index contributed by atoms with van der Waals surface area (Å²) in [6, 6.07) is 14.4. The van der Waals surface area contributed by atoms with Crippen LogP contribution in [0.15, 0.2) is 55.0 Å². The molecule has 1 N–H and O–H groups in total. The van der Waals surface area contributed by atoms with E-state index in [1.165, 1.54) is 0 Å². The Morgan fingerprint density at radius 1 is 1.09 bits per heavy atom. The van der Waals surface area contributed by atoms with Crippen molar-refractivity contribution >= 4 is 39.0 Å². The predicted octanol–water partition coefficient (Wildman–Crippen LogP) is 4.23. The number of aromatic nitrogens is 3. The van der Waals surface area contributed by atoms with Crippen LogP contribution in [0.5, 0.6) is 5.75 Å². The van der Waals surface area contributed by atoms with Gasteiger partial charge in [-0.3, -0.25) is 4.98 Å². The lowest BCUT2D eigenvalue weighted by atomic mass is 9.98. The number of nitrogens with one attached hydrogen (secondary N) is 1. The number of anilines is 3. The molecule has 3 atom stereocenters. The number of pyridine rings is 1. The van der Waals surface area contributed by atoms with Crippen molar-refractivity contribution in [1.82, 2.24) is 19.9 Å². The molecule has 7 rings (SSSR count). The molecular weight excluding hydrogens is 440 g/mol. The van der Waals surface area contributed by atoms with Crippen LogP contribution < -0.4 is 15.0 Å². The Kier molecular flexibility index (Phi) is 5.62. The van der Waals surface area contributed by atoms with Gasteiger partial charge in [-0.15, -0.1) is 0 Å². The number of hydrogen-bond donors (Lipinski definition) is 1. The fourth-order valence-electron chi connectivity index (χ4n) is 5.13. The maximum Gasteiger partial charge on any atom is 0.145 e. The van der Waals surface area contributed by atoms with E-state index in [4.69, 9.17) is 9.47 Å². The van der Waals surface area contributed by atoms with Gasteiger partial charge in [0.2, 0.25) is 0 Å². The Bertz CT molecular complexity index is 1360. The first-order valence-electron chi connectivity index (χ1n) is 12.1. The van der Waals surface area contributed by atoms with E-state index in [-0.39, 0.29) is 6.10 Å². The summed E-state index contributed by atoms with van der Waals surface area (Å²) in [4.78, 5) is 18.2. The lowest BCUT2D eigenvalue weighted by Gasteiger charge is -2.48. The normalized spacial score (nSPS) is 20.2. The number of nitrogens with zero attached hydrogens (tertiary/aromatic N) is 5. The number of piperidine rings is 1. The van der Waals surface area contributed by atoms with Gasteiger partial charge in [0.1, 0.15) is 24.0 Å². The third-order valence-electron chi connectivity index (χ3n) is 6.63. The first-order valence-corrected chi connectivity index (χ1v) is 12.1. The van der Waals surface area contributed by atoms with Gasteiger partial charge >= 0.3 is 0 Å². The van der Waals surface area contributed by atoms with Gasteiger partial charge in [-0.25, -0.2) is 9.97 Å². The molecule has 2 bridgehead atoms. The smallest absolute Gasteiger partial charge is 0.145 e. The molecule has 8 heteroatoms. The molecule has 0 radical (unpaired) electrons. The highest BCUT2D eigenvalue weighted by atomic mass is 16.5. The van der Waals surface area contributed by atoms with Gasteiger partial charge in [0, 0.05) is 55.1 Å². The fraction of sp³-hybridized carbons (Fsp3) is 0.370. The average molecular weight is 471 g/mol. The molecule has 0 amide bonds. The van der Waals surface area contributed by atoms with Crippen LogP contribution in [-0.2, 0) is 4.74 Å². The molecule has 5 heterocycles. The van der Waals surface area contributed by atoms with E-state index >= 15 is 0 Å². The van der Waals surface area contributed by atoms with Gasteiger partial charge in [0.15, 0.2) is 0 Å². The second-order valence-electron chi connectivity index (χ2n) is 9.81. The quantitative estimate of drug-likeness (QED) is 0.430. The average Bonchev–Trinajstić information content (AvgIpc) is 2.83. The number of hydrogen-bond acceptors (Lipinski definition) is 8. The molecule has 4 aromatic rings. The molecule has 2 unspecified atom stereocenters. The van der Waals surface area contributed by atoms with E-state index in [1.54, 1.807) is 12.5 Å². The van der Waals surface area contributed by atoms with Gasteiger partial charge in [-0.05, 0) is 51.4 Å². The van der Waals surface area contributed by atoms with Gasteiger partial charge in [-0.1, -0.05) is 6.07 Å². The van der Waals surface area contributed by atoms with E-state index in [0.717, 1.165) is 70.8 Å². The molecule has 0 aliphatic carbocycles. The zero-order valence-electron chi connectivity index (χ0n) is 20.3. The van der Waals surface area contributed by atoms with Crippen molar-refractivity contribution in [1.29, 1.82) is 0 Å². The lowest BCUT2D eigenvalue weighted by molar-refractivity contribution is -0.133. The van der Waals surface area contributed by atoms with E-state index < -0.39 is 0 Å². The Labute approximate surface area is 204 Å². The molecule has 3 aliphatic rings. The minimum Gasteiger partial charge on any atom is -0.488 e. The number of benzene rings is 2. The summed E-state index contributed by atoms with van der Waals surface area (Å²) in [5.74, 6) is 1.51. The molecule has 3 saturated heterocycles. The van der Waals surface area contributed by atoms with Crippen molar-refractivity contribution in [2.75, 3.05) is 43.9 Å². The molecule has 0 spiro atoms. The van der Waals surface area contributed by atoms with Crippen LogP contribution in [0.25, 0.3) is 21.8 Å². The van der Waals surface area contributed by atoms with Crippen molar-refractivity contribution in [3.05, 3.63) is 55.0 Å². The number of likely N-dealkylation sites (N-methyl/N-ethyl adjacent to an activating group) is 1. The summed E-state index contributed by atoms with van der Waals surface area (Å²) in [7, 11) is 4.11. The lowest BCUT2D eigenvalue weighted by Crippen LogP contribution is -2.57. The first kappa shape index (κ1) is 22.0. The number of rotatable bonds is 7. The third-order valence-corrected chi connectivity index (χ3v) is 6.63. The topological polar surface area (TPSA) is 75.6 Å². The van der Waals surface area contributed by atoms with E-state index in [1.807, 2.05) is 18.2 Å². The second-order valence-corrected chi connectivity index (χ2v) is 9.81. The SMILES string of the molecule is C[C@H](CN(C)C)Oc1cc(N2CC3CC(C2)O3)cc2ncnc(Nc3ccc4ncccc4c3)c12. The number of ether oxygens (including phenoxy) is 2. The van der Waals surface area contributed by atoms with Crippen LogP contribution in [0.1, 0.15) is 13.3 Å². The van der Waals surface area contributed by atoms with Crippen LogP contribution in [0.2, 0.25) is 0 Å². The summed E-state index contributed by atoms with van der Waals surface area (Å²) in [5, 5.41) is 5.45. The molecule has 2 aromatic heterocycles. The van der Waals surface area contributed by atoms with E-state index in [2.05, 4.69) is 75.4 Å². The van der Waals surface area contributed by atoms with Gasteiger partial charge in [0.25, 0.3) is 0 Å². The summed E-state index contributed by atoms with van der Waals surface area (Å²) in [5.41, 5.74) is 3.87. The van der Waals surface area contributed by atoms with Gasteiger partial charge in [-0.2, -0.15) is 0 Å². The van der Waals surface area contributed by atoms with Crippen molar-refractivity contribution in [2.45, 2.75) is 31.7 Å². The van der Waals surface area contributed by atoms with Crippen LogP contribution in [0, 0.1) is 0 Å². The van der Waals surface area contributed by atoms with Crippen LogP contribution >= 0.6 is 0 Å². The molecule has 3 fully saturated rings. The van der Waals surface area contributed by atoms with Crippen molar-refractivity contribution < 1.29 is 9.47 Å². The fourth-order valence-corrected chi connectivity index (χ4v) is 5.13. The number of fused-ring (bicyclic) bond motifs is 4. The molecule has 8 nitrogen and oxygen atoms in total. The summed E-state index contributed by atoms with van der Waals surface area (Å²) < 4.78 is 12.4. The first-order chi connectivity index (χ1) is 17.0. The minimum absolute atomic E-state index is 0.00124. The van der Waals surface area contributed by atoms with E-state index in [9.17, 15) is 0 Å². The Hall–Kier alpha value is -3.49. The highest BCUT2D eigenvalue weighted by Crippen LogP contribution is 2.39. The third kappa shape index (κ3) is 4.47. The maximum absolute atomic E-state index is 6.53. The zero-order valence-corrected chi connectivity index (χ0v) is 20.3. The summed E-state index contributed by atoms with van der Waals surface area (Å²) in [6.45, 7) is 4.70. The standard InChI is InChI=1S/C27H30N6O2/c1-17(13-32(2)3)34-25-11-20(33-14-21-12-22(15-33)35-21)10-24-26(25)27(30-16-29-24)31-19-6-7-23-18(9-19)5-4-8-28-23/h4-11,16-17,21-22H,12-15H2,1-3H3,(H,29,30,31)/t17-,21?,22?/m1/s1. The van der Waals surface area contributed by atoms with Crippen LogP contribution in [-0.4, -0.2) is 71.9 Å². The predicted molar refractivity (Wildman–Crippen MR) is 139 cm³/mol. The molecule has 3 aliphatic heterocycles. The minimum atomic E-state index is 0.00124. The maximum atomic E-state index is 6.53. The Balaban J connectivity index is 1.40. The van der Waals surface area contributed by atoms with Crippen LogP contribution in [0.4, 0.5) is 17.2 Å². The molecule has 0 saturated carbocycles. The zero-order chi connectivity index (χ0) is 23.9. The van der Waals surface area contributed by atoms with Crippen molar-refractivity contribution in [3.8, 4) is 5.75 Å². The summed E-state index contributed by atoms with van der Waals surface area (Å²) >= 11 is 0. The molecular formula is C27H30N6O2. The Morgan fingerprint density at radius 2 is 1.91 bits per heavy atom. The molecule has 180 valence electrons. The van der Waals surface area contributed by atoms with Crippen molar-refractivity contribution in [2.24, 2.45) is 0 Å². The molecule has 2 aromatic carbocycles. The largest absolute Gasteiger partial charge is 0.488 e. The number of morpholine rings is 1. The summed E-state index contributed by atoms with van der Waals surface area (Å²) in [6.07, 6.45) is 5.23. The van der Waals surface area contributed by atoms with Crippen LogP contribution in [0.3, 0.4) is 0 Å². The highest BCUT2D eigenvalue weighted by Gasteiger charge is 2.38. The second kappa shape index (κ2) is 8.94. The highest BCUT2D eigenvalue weighted by molar-refractivity contribution is 5.98. The Morgan fingerprint density at radius 3 is 2.71 bits per heavy atom. The monoisotopic (exact) mass is 470 g/mol. The van der Waals surface area contributed by atoms with Gasteiger partial charge < -0.3 is 24.6 Å². The van der Waals surface area contributed by atoms with E-state index in [0.29, 0.717) is 12.2 Å². The van der Waals surface area contributed by atoms with Crippen molar-refractivity contribution in [3.63, 3.8) is 0 Å². The molecule has 35 heavy (non-hydrogen) atoms. The van der Waals surface area contributed by atoms with Gasteiger partial charge in [0.05, 0.1) is 28.6 Å².